The Hall–Kier alpha value is -3.58. The molecule has 1 heterocycles. The summed E-state index contributed by atoms with van der Waals surface area (Å²) in [5, 5.41) is 18.4. The highest BCUT2D eigenvalue weighted by molar-refractivity contribution is 5.89. The number of benzene rings is 2. The van der Waals surface area contributed by atoms with Crippen LogP contribution in [0.4, 0.5) is 0 Å². The summed E-state index contributed by atoms with van der Waals surface area (Å²) in [6, 6.07) is 22.1. The minimum Gasteiger partial charge on any atom is -0.478 e. The van der Waals surface area contributed by atoms with Gasteiger partial charge in [-0.05, 0) is 48.0 Å². The summed E-state index contributed by atoms with van der Waals surface area (Å²) >= 11 is 0. The lowest BCUT2D eigenvalue weighted by atomic mass is 10.1. The third-order valence-electron chi connectivity index (χ3n) is 3.67. The number of carboxylic acids is 1. The van der Waals surface area contributed by atoms with Gasteiger partial charge in [0.1, 0.15) is 0 Å². The zero-order chi connectivity index (χ0) is 16.9. The molecule has 3 aromatic rings. The lowest BCUT2D eigenvalue weighted by Gasteiger charge is -2.08. The van der Waals surface area contributed by atoms with E-state index in [-0.39, 0.29) is 5.56 Å². The average molecular weight is 314 g/mol. The van der Waals surface area contributed by atoms with Gasteiger partial charge in [-0.15, -0.1) is 0 Å². The lowest BCUT2D eigenvalue weighted by Crippen LogP contribution is -1.99. The number of hydrogen-bond donors (Lipinski definition) is 1. The molecule has 0 fully saturated rings. The quantitative estimate of drug-likeness (QED) is 0.732. The molecule has 0 saturated heterocycles. The number of nitriles is 1. The fraction of sp³-hybridized carbons (Fsp3) is 0. The van der Waals surface area contributed by atoms with Crippen molar-refractivity contribution >= 4 is 17.6 Å². The number of aromatic nitrogens is 1. The summed E-state index contributed by atoms with van der Waals surface area (Å²) in [5.74, 6) is -0.954. The van der Waals surface area contributed by atoms with E-state index in [0.717, 1.165) is 16.9 Å². The standard InChI is InChI=1S/C20H14N2O2/c21-14-17(15-5-2-1-3-6-15)13-19-7-4-12-22(19)18-10-8-16(9-11-18)20(23)24/h1-13H,(H,23,24). The van der Waals surface area contributed by atoms with Crippen LogP contribution in [-0.4, -0.2) is 15.6 Å². The molecule has 1 aromatic heterocycles. The summed E-state index contributed by atoms with van der Waals surface area (Å²) < 4.78 is 1.91. The van der Waals surface area contributed by atoms with Gasteiger partial charge in [-0.1, -0.05) is 30.3 Å². The van der Waals surface area contributed by atoms with Gasteiger partial charge in [0.2, 0.25) is 0 Å². The molecule has 24 heavy (non-hydrogen) atoms. The summed E-state index contributed by atoms with van der Waals surface area (Å²) in [7, 11) is 0. The van der Waals surface area contributed by atoms with Crippen molar-refractivity contribution in [1.82, 2.24) is 4.57 Å². The van der Waals surface area contributed by atoms with E-state index in [9.17, 15) is 10.1 Å². The molecular formula is C20H14N2O2. The van der Waals surface area contributed by atoms with Crippen molar-refractivity contribution in [3.63, 3.8) is 0 Å². The summed E-state index contributed by atoms with van der Waals surface area (Å²) in [5.41, 5.74) is 3.34. The first-order chi connectivity index (χ1) is 11.7. The van der Waals surface area contributed by atoms with Crippen LogP contribution in [-0.2, 0) is 0 Å². The molecule has 0 radical (unpaired) electrons. The Morgan fingerprint density at radius 3 is 2.29 bits per heavy atom. The molecule has 0 unspecified atom stereocenters. The van der Waals surface area contributed by atoms with Crippen LogP contribution in [0.1, 0.15) is 21.6 Å². The van der Waals surface area contributed by atoms with E-state index >= 15 is 0 Å². The van der Waals surface area contributed by atoms with E-state index in [4.69, 9.17) is 5.11 Å². The van der Waals surface area contributed by atoms with Crippen LogP contribution in [0.25, 0.3) is 17.3 Å². The predicted molar refractivity (Wildman–Crippen MR) is 92.7 cm³/mol. The minimum absolute atomic E-state index is 0.241. The van der Waals surface area contributed by atoms with Gasteiger partial charge in [-0.3, -0.25) is 0 Å². The average Bonchev–Trinajstić information content (AvgIpc) is 3.08. The van der Waals surface area contributed by atoms with Gasteiger partial charge >= 0.3 is 5.97 Å². The topological polar surface area (TPSA) is 66.0 Å². The summed E-state index contributed by atoms with van der Waals surface area (Å²) in [6.45, 7) is 0. The van der Waals surface area contributed by atoms with E-state index in [1.54, 1.807) is 24.3 Å². The Morgan fingerprint density at radius 2 is 1.67 bits per heavy atom. The minimum atomic E-state index is -0.954. The van der Waals surface area contributed by atoms with Crippen LogP contribution in [0, 0.1) is 11.3 Å². The molecular weight excluding hydrogens is 300 g/mol. The van der Waals surface area contributed by atoms with Crippen LogP contribution >= 0.6 is 0 Å². The first-order valence-electron chi connectivity index (χ1n) is 7.37. The molecule has 116 valence electrons. The van der Waals surface area contributed by atoms with Crippen molar-refractivity contribution < 1.29 is 9.90 Å². The second-order valence-corrected chi connectivity index (χ2v) is 5.19. The van der Waals surface area contributed by atoms with Crippen LogP contribution in [0.5, 0.6) is 0 Å². The summed E-state index contributed by atoms with van der Waals surface area (Å²) in [6.07, 6.45) is 3.70. The molecule has 0 aliphatic heterocycles. The second kappa shape index (κ2) is 6.67. The number of carboxylic acid groups (broad SMARTS) is 1. The Labute approximate surface area is 139 Å². The first-order valence-corrected chi connectivity index (χ1v) is 7.37. The monoisotopic (exact) mass is 314 g/mol. The van der Waals surface area contributed by atoms with Gasteiger partial charge in [0.15, 0.2) is 0 Å². The van der Waals surface area contributed by atoms with Gasteiger partial charge in [0.25, 0.3) is 0 Å². The summed E-state index contributed by atoms with van der Waals surface area (Å²) in [4.78, 5) is 11.0. The third-order valence-corrected chi connectivity index (χ3v) is 3.67. The zero-order valence-electron chi connectivity index (χ0n) is 12.8. The molecule has 0 atom stereocenters. The highest BCUT2D eigenvalue weighted by Crippen LogP contribution is 2.20. The Bertz CT molecular complexity index is 930. The molecule has 0 spiro atoms. The zero-order valence-corrected chi connectivity index (χ0v) is 12.8. The maximum atomic E-state index is 11.0. The number of allylic oxidation sites excluding steroid dienone is 1. The number of carbonyl (C=O) groups is 1. The van der Waals surface area contributed by atoms with Crippen LogP contribution in [0.3, 0.4) is 0 Å². The molecule has 0 amide bonds. The van der Waals surface area contributed by atoms with Crippen molar-refractivity contribution in [3.8, 4) is 11.8 Å². The fourth-order valence-corrected chi connectivity index (χ4v) is 2.46. The smallest absolute Gasteiger partial charge is 0.335 e. The van der Waals surface area contributed by atoms with Gasteiger partial charge in [0, 0.05) is 17.6 Å². The molecule has 1 N–H and O–H groups in total. The molecule has 0 bridgehead atoms. The fourth-order valence-electron chi connectivity index (χ4n) is 2.46. The van der Waals surface area contributed by atoms with E-state index in [2.05, 4.69) is 6.07 Å². The third kappa shape index (κ3) is 3.11. The first kappa shape index (κ1) is 15.3. The van der Waals surface area contributed by atoms with Crippen LogP contribution < -0.4 is 0 Å². The second-order valence-electron chi connectivity index (χ2n) is 5.19. The van der Waals surface area contributed by atoms with Crippen molar-refractivity contribution in [2.75, 3.05) is 0 Å². The largest absolute Gasteiger partial charge is 0.478 e. The van der Waals surface area contributed by atoms with Gasteiger partial charge < -0.3 is 9.67 Å². The number of hydrogen-bond acceptors (Lipinski definition) is 2. The Morgan fingerprint density at radius 1 is 0.958 bits per heavy atom. The Kier molecular flexibility index (Phi) is 4.26. The van der Waals surface area contributed by atoms with Gasteiger partial charge in [-0.2, -0.15) is 5.26 Å². The Balaban J connectivity index is 2.00. The molecule has 3 rings (SSSR count). The van der Waals surface area contributed by atoms with E-state index in [1.807, 2.05) is 59.3 Å². The lowest BCUT2D eigenvalue weighted by molar-refractivity contribution is 0.0697. The molecule has 4 nitrogen and oxygen atoms in total. The highest BCUT2D eigenvalue weighted by Gasteiger charge is 2.07. The maximum absolute atomic E-state index is 11.0. The molecule has 0 aliphatic rings. The van der Waals surface area contributed by atoms with Gasteiger partial charge in [0.05, 0.1) is 17.2 Å². The number of rotatable bonds is 4. The van der Waals surface area contributed by atoms with Crippen LogP contribution in [0.15, 0.2) is 72.9 Å². The molecule has 2 aromatic carbocycles. The van der Waals surface area contributed by atoms with E-state index in [1.165, 1.54) is 0 Å². The molecule has 4 heteroatoms. The predicted octanol–water partition coefficient (Wildman–Crippen LogP) is 4.24. The SMILES string of the molecule is N#CC(=Cc1cccn1-c1ccc(C(=O)O)cc1)c1ccccc1. The number of aromatic carboxylic acids is 1. The van der Waals surface area contributed by atoms with E-state index in [0.29, 0.717) is 5.57 Å². The maximum Gasteiger partial charge on any atom is 0.335 e. The molecule has 0 aliphatic carbocycles. The van der Waals surface area contributed by atoms with Crippen molar-refractivity contribution in [3.05, 3.63) is 89.7 Å². The van der Waals surface area contributed by atoms with E-state index < -0.39 is 5.97 Å². The van der Waals surface area contributed by atoms with Crippen molar-refractivity contribution in [2.45, 2.75) is 0 Å². The van der Waals surface area contributed by atoms with Crippen LogP contribution in [0.2, 0.25) is 0 Å². The normalized spacial score (nSPS) is 11.0. The highest BCUT2D eigenvalue weighted by atomic mass is 16.4. The van der Waals surface area contributed by atoms with Crippen molar-refractivity contribution in [1.29, 1.82) is 5.26 Å². The van der Waals surface area contributed by atoms with Gasteiger partial charge in [-0.25, -0.2) is 4.79 Å². The number of nitrogens with zero attached hydrogens (tertiary/aromatic N) is 2. The molecule has 0 saturated carbocycles. The van der Waals surface area contributed by atoms with Crippen molar-refractivity contribution in [2.24, 2.45) is 0 Å².